The predicted octanol–water partition coefficient (Wildman–Crippen LogP) is 2.59. The number of carbonyl (C=O) groups excluding carboxylic acids is 2. The fraction of sp³-hybridized carbons (Fsp3) is 0.526. The summed E-state index contributed by atoms with van der Waals surface area (Å²) in [4.78, 5) is 24.3. The molecule has 0 saturated heterocycles. The van der Waals surface area contributed by atoms with Crippen molar-refractivity contribution in [3.8, 4) is 17.6 Å². The largest absolute Gasteiger partial charge is 0.493 e. The lowest BCUT2D eigenvalue weighted by molar-refractivity contribution is -0.125. The highest BCUT2D eigenvalue weighted by Gasteiger charge is 2.33. The van der Waals surface area contributed by atoms with Gasteiger partial charge in [-0.25, -0.2) is 4.79 Å². The van der Waals surface area contributed by atoms with Crippen LogP contribution in [-0.4, -0.2) is 37.7 Å². The number of methoxy groups -OCH3 is 1. The predicted molar refractivity (Wildman–Crippen MR) is 94.0 cm³/mol. The quantitative estimate of drug-likeness (QED) is 0.751. The van der Waals surface area contributed by atoms with Gasteiger partial charge in [-0.05, 0) is 38.0 Å². The molecule has 0 aromatic heterocycles. The van der Waals surface area contributed by atoms with Crippen LogP contribution in [0.4, 0.5) is 0 Å². The van der Waals surface area contributed by atoms with Crippen LogP contribution in [0.2, 0.25) is 0 Å². The number of nitriles is 1. The molecule has 140 valence electrons. The first-order chi connectivity index (χ1) is 12.5. The summed E-state index contributed by atoms with van der Waals surface area (Å²) in [6.45, 7) is 1.82. The van der Waals surface area contributed by atoms with Crippen LogP contribution in [0, 0.1) is 11.3 Å². The summed E-state index contributed by atoms with van der Waals surface area (Å²) >= 11 is 0. The molecule has 7 nitrogen and oxygen atoms in total. The molecule has 0 spiro atoms. The Hall–Kier alpha value is -2.75. The van der Waals surface area contributed by atoms with Gasteiger partial charge in [0.15, 0.2) is 18.1 Å². The molecule has 0 heterocycles. The maximum Gasteiger partial charge on any atom is 0.338 e. The SMILES string of the molecule is CCOc1cc(C(=O)OCC(=O)NC2(C#N)CCCCC2)ccc1OC. The zero-order valence-corrected chi connectivity index (χ0v) is 15.2. The molecule has 0 radical (unpaired) electrons. The minimum Gasteiger partial charge on any atom is -0.493 e. The van der Waals surface area contributed by atoms with Gasteiger partial charge in [0.1, 0.15) is 5.54 Å². The van der Waals surface area contributed by atoms with Gasteiger partial charge < -0.3 is 19.5 Å². The lowest BCUT2D eigenvalue weighted by atomic mass is 9.83. The number of amides is 1. The second kappa shape index (κ2) is 9.09. The number of esters is 1. The molecular formula is C19H24N2O5. The average molecular weight is 360 g/mol. The molecule has 0 atom stereocenters. The van der Waals surface area contributed by atoms with Crippen LogP contribution in [0.25, 0.3) is 0 Å². The van der Waals surface area contributed by atoms with E-state index in [1.807, 2.05) is 6.92 Å². The molecule has 0 bridgehead atoms. The standard InChI is InChI=1S/C19H24N2O5/c1-3-25-16-11-14(7-8-15(16)24-2)18(23)26-12-17(22)21-19(13-20)9-5-4-6-10-19/h7-8,11H,3-6,9-10,12H2,1-2H3,(H,21,22). The van der Waals surface area contributed by atoms with E-state index >= 15 is 0 Å². The van der Waals surface area contributed by atoms with Crippen LogP contribution in [0.5, 0.6) is 11.5 Å². The van der Waals surface area contributed by atoms with Gasteiger partial charge in [-0.1, -0.05) is 19.3 Å². The van der Waals surface area contributed by atoms with Crippen molar-refractivity contribution in [3.05, 3.63) is 23.8 Å². The van der Waals surface area contributed by atoms with E-state index in [0.717, 1.165) is 19.3 Å². The van der Waals surface area contributed by atoms with Crippen molar-refractivity contribution in [2.75, 3.05) is 20.3 Å². The maximum absolute atomic E-state index is 12.2. The van der Waals surface area contributed by atoms with E-state index in [1.165, 1.54) is 13.2 Å². The molecule has 1 aliphatic rings. The number of hydrogen-bond donors (Lipinski definition) is 1. The zero-order chi connectivity index (χ0) is 19.0. The molecule has 0 unspecified atom stereocenters. The Labute approximate surface area is 153 Å². The molecule has 1 amide bonds. The topological polar surface area (TPSA) is 97.6 Å². The van der Waals surface area contributed by atoms with Crippen molar-refractivity contribution in [1.29, 1.82) is 5.26 Å². The Morgan fingerprint density at radius 3 is 2.58 bits per heavy atom. The Balaban J connectivity index is 1.94. The van der Waals surface area contributed by atoms with E-state index in [1.54, 1.807) is 12.1 Å². The van der Waals surface area contributed by atoms with E-state index in [2.05, 4.69) is 11.4 Å². The van der Waals surface area contributed by atoms with Crippen molar-refractivity contribution >= 4 is 11.9 Å². The number of carbonyl (C=O) groups is 2. The second-order valence-corrected chi connectivity index (χ2v) is 6.18. The van der Waals surface area contributed by atoms with E-state index in [9.17, 15) is 14.9 Å². The third-order valence-electron chi connectivity index (χ3n) is 4.33. The van der Waals surface area contributed by atoms with Crippen LogP contribution >= 0.6 is 0 Å². The normalized spacial score (nSPS) is 15.4. The van der Waals surface area contributed by atoms with Gasteiger partial charge >= 0.3 is 5.97 Å². The molecule has 26 heavy (non-hydrogen) atoms. The number of rotatable bonds is 7. The Morgan fingerprint density at radius 2 is 1.96 bits per heavy atom. The van der Waals surface area contributed by atoms with Gasteiger partial charge in [0.25, 0.3) is 5.91 Å². The number of benzene rings is 1. The van der Waals surface area contributed by atoms with Crippen LogP contribution in [-0.2, 0) is 9.53 Å². The Kier molecular flexibility index (Phi) is 6.84. The minimum absolute atomic E-state index is 0.259. The minimum atomic E-state index is -0.843. The van der Waals surface area contributed by atoms with Crippen LogP contribution in [0.3, 0.4) is 0 Å². The average Bonchev–Trinajstić information content (AvgIpc) is 2.67. The Morgan fingerprint density at radius 1 is 1.23 bits per heavy atom. The van der Waals surface area contributed by atoms with Crippen molar-refractivity contribution in [2.45, 2.75) is 44.6 Å². The van der Waals surface area contributed by atoms with Gasteiger partial charge in [-0.15, -0.1) is 0 Å². The van der Waals surface area contributed by atoms with Crippen molar-refractivity contribution in [1.82, 2.24) is 5.32 Å². The molecule has 0 aliphatic heterocycles. The lowest BCUT2D eigenvalue weighted by Crippen LogP contribution is -2.50. The summed E-state index contributed by atoms with van der Waals surface area (Å²) in [7, 11) is 1.51. The summed E-state index contributed by atoms with van der Waals surface area (Å²) in [6, 6.07) is 6.86. The zero-order valence-electron chi connectivity index (χ0n) is 15.2. The number of nitrogens with one attached hydrogen (secondary N) is 1. The van der Waals surface area contributed by atoms with E-state index in [-0.39, 0.29) is 5.56 Å². The van der Waals surface area contributed by atoms with E-state index < -0.39 is 24.0 Å². The molecule has 1 fully saturated rings. The van der Waals surface area contributed by atoms with Crippen molar-refractivity contribution < 1.29 is 23.8 Å². The van der Waals surface area contributed by atoms with Gasteiger partial charge in [0, 0.05) is 0 Å². The van der Waals surface area contributed by atoms with Gasteiger partial charge in [0.05, 0.1) is 25.3 Å². The van der Waals surface area contributed by atoms with Gasteiger partial charge in [-0.3, -0.25) is 4.79 Å². The smallest absolute Gasteiger partial charge is 0.338 e. The summed E-state index contributed by atoms with van der Waals surface area (Å²) in [5.74, 6) is -0.173. The fourth-order valence-electron chi connectivity index (χ4n) is 3.01. The molecule has 2 rings (SSSR count). The maximum atomic E-state index is 12.2. The number of ether oxygens (including phenoxy) is 3. The van der Waals surface area contributed by atoms with Crippen molar-refractivity contribution in [2.24, 2.45) is 0 Å². The third kappa shape index (κ3) is 4.88. The summed E-state index contributed by atoms with van der Waals surface area (Å²) in [6.07, 6.45) is 4.12. The first kappa shape index (κ1) is 19.6. The highest BCUT2D eigenvalue weighted by atomic mass is 16.5. The highest BCUT2D eigenvalue weighted by Crippen LogP contribution is 2.29. The van der Waals surface area contributed by atoms with Crippen LogP contribution in [0.15, 0.2) is 18.2 Å². The van der Waals surface area contributed by atoms with E-state index in [0.29, 0.717) is 30.9 Å². The summed E-state index contributed by atoms with van der Waals surface area (Å²) in [5, 5.41) is 12.1. The van der Waals surface area contributed by atoms with Crippen molar-refractivity contribution in [3.63, 3.8) is 0 Å². The lowest BCUT2D eigenvalue weighted by Gasteiger charge is -2.31. The third-order valence-corrected chi connectivity index (χ3v) is 4.33. The molecule has 1 aliphatic carbocycles. The summed E-state index contributed by atoms with van der Waals surface area (Å²) < 4.78 is 15.7. The fourth-order valence-corrected chi connectivity index (χ4v) is 3.01. The van der Waals surface area contributed by atoms with E-state index in [4.69, 9.17) is 14.2 Å². The molecular weight excluding hydrogens is 336 g/mol. The summed E-state index contributed by atoms with van der Waals surface area (Å²) in [5.41, 5.74) is -0.584. The van der Waals surface area contributed by atoms with Gasteiger partial charge in [-0.2, -0.15) is 5.26 Å². The molecule has 1 saturated carbocycles. The second-order valence-electron chi connectivity index (χ2n) is 6.18. The Bertz CT molecular complexity index is 690. The molecule has 7 heteroatoms. The number of hydrogen-bond acceptors (Lipinski definition) is 6. The van der Waals surface area contributed by atoms with Crippen LogP contribution in [0.1, 0.15) is 49.4 Å². The first-order valence-corrected chi connectivity index (χ1v) is 8.74. The number of nitrogens with zero attached hydrogens (tertiary/aromatic N) is 1. The first-order valence-electron chi connectivity index (χ1n) is 8.74. The highest BCUT2D eigenvalue weighted by molar-refractivity contribution is 5.92. The molecule has 1 N–H and O–H groups in total. The van der Waals surface area contributed by atoms with Gasteiger partial charge in [0.2, 0.25) is 0 Å². The molecule has 1 aromatic rings. The molecule has 1 aromatic carbocycles. The monoisotopic (exact) mass is 360 g/mol. The van der Waals surface area contributed by atoms with Crippen LogP contribution < -0.4 is 14.8 Å².